The lowest BCUT2D eigenvalue weighted by atomic mass is 10.1. The van der Waals surface area contributed by atoms with E-state index in [1.807, 2.05) is 0 Å². The van der Waals surface area contributed by atoms with Crippen molar-refractivity contribution in [2.75, 3.05) is 6.26 Å². The number of nitrogens with zero attached hydrogens (tertiary/aromatic N) is 1. The summed E-state index contributed by atoms with van der Waals surface area (Å²) in [6.07, 6.45) is 4.19. The number of hydrogen-bond acceptors (Lipinski definition) is 6. The standard InChI is InChI=1S/C21H19NO6S/c1-29(24,25)14-18-17-8-2-3-9-19(17)28-20(18)21(23)22(12-15-6-4-10-26-15)13-16-7-5-11-27-16/h2-11H,12-14H2,1H3. The van der Waals surface area contributed by atoms with Crippen LogP contribution in [0, 0.1) is 0 Å². The molecule has 3 heterocycles. The number of sulfone groups is 1. The van der Waals surface area contributed by atoms with Crippen molar-refractivity contribution in [3.8, 4) is 0 Å². The summed E-state index contributed by atoms with van der Waals surface area (Å²) in [4.78, 5) is 14.9. The van der Waals surface area contributed by atoms with Crippen molar-refractivity contribution in [2.24, 2.45) is 0 Å². The first kappa shape index (κ1) is 19.1. The molecule has 150 valence electrons. The lowest BCUT2D eigenvalue weighted by Crippen LogP contribution is -2.30. The summed E-state index contributed by atoms with van der Waals surface area (Å²) >= 11 is 0. The zero-order valence-corrected chi connectivity index (χ0v) is 16.5. The third-order valence-electron chi connectivity index (χ3n) is 4.44. The van der Waals surface area contributed by atoms with Gasteiger partial charge in [0.25, 0.3) is 5.91 Å². The fourth-order valence-corrected chi connectivity index (χ4v) is 4.01. The fraction of sp³-hybridized carbons (Fsp3) is 0.190. The highest BCUT2D eigenvalue weighted by Crippen LogP contribution is 2.29. The Kier molecular flexibility index (Phi) is 5.02. The van der Waals surface area contributed by atoms with Crippen LogP contribution in [0.1, 0.15) is 27.6 Å². The normalized spacial score (nSPS) is 11.8. The lowest BCUT2D eigenvalue weighted by Gasteiger charge is -2.20. The molecule has 0 radical (unpaired) electrons. The first-order valence-corrected chi connectivity index (χ1v) is 11.0. The van der Waals surface area contributed by atoms with Gasteiger partial charge in [-0.25, -0.2) is 8.42 Å². The summed E-state index contributed by atoms with van der Waals surface area (Å²) in [5.41, 5.74) is 0.822. The maximum atomic E-state index is 13.4. The molecule has 0 unspecified atom stereocenters. The van der Waals surface area contributed by atoms with E-state index in [-0.39, 0.29) is 24.6 Å². The predicted molar refractivity (Wildman–Crippen MR) is 106 cm³/mol. The number of rotatable bonds is 7. The molecule has 0 N–H and O–H groups in total. The molecule has 0 aliphatic carbocycles. The number of para-hydroxylation sites is 1. The Labute approximate surface area is 167 Å². The Bertz CT molecular complexity index is 1180. The summed E-state index contributed by atoms with van der Waals surface area (Å²) < 4.78 is 40.6. The van der Waals surface area contributed by atoms with Gasteiger partial charge in [0.1, 0.15) is 17.1 Å². The van der Waals surface area contributed by atoms with Gasteiger partial charge in [0.2, 0.25) is 0 Å². The van der Waals surface area contributed by atoms with Crippen LogP contribution in [0.4, 0.5) is 0 Å². The van der Waals surface area contributed by atoms with Crippen molar-refractivity contribution in [3.63, 3.8) is 0 Å². The second kappa shape index (κ2) is 7.63. The first-order chi connectivity index (χ1) is 13.9. The molecular formula is C21H19NO6S. The van der Waals surface area contributed by atoms with Crippen molar-refractivity contribution in [1.82, 2.24) is 4.90 Å². The average Bonchev–Trinajstić information content (AvgIpc) is 3.42. The molecule has 3 aromatic heterocycles. The molecule has 29 heavy (non-hydrogen) atoms. The van der Waals surface area contributed by atoms with Crippen molar-refractivity contribution in [2.45, 2.75) is 18.8 Å². The predicted octanol–water partition coefficient (Wildman–Crippen LogP) is 4.01. The van der Waals surface area contributed by atoms with E-state index >= 15 is 0 Å². The number of carbonyl (C=O) groups is 1. The highest BCUT2D eigenvalue weighted by atomic mass is 32.2. The van der Waals surface area contributed by atoms with E-state index in [9.17, 15) is 13.2 Å². The topological polar surface area (TPSA) is 93.9 Å². The van der Waals surface area contributed by atoms with Crippen LogP contribution < -0.4 is 0 Å². The van der Waals surface area contributed by atoms with Gasteiger partial charge in [-0.05, 0) is 30.3 Å². The molecule has 8 heteroatoms. The fourth-order valence-electron chi connectivity index (χ4n) is 3.20. The summed E-state index contributed by atoms with van der Waals surface area (Å²) in [5.74, 6) is 0.458. The van der Waals surface area contributed by atoms with E-state index in [4.69, 9.17) is 13.3 Å². The maximum absolute atomic E-state index is 13.4. The number of hydrogen-bond donors (Lipinski definition) is 0. The Morgan fingerprint density at radius 2 is 1.55 bits per heavy atom. The van der Waals surface area contributed by atoms with E-state index in [2.05, 4.69) is 0 Å². The first-order valence-electron chi connectivity index (χ1n) is 8.93. The van der Waals surface area contributed by atoms with Gasteiger partial charge in [0.15, 0.2) is 15.6 Å². The van der Waals surface area contributed by atoms with Crippen LogP contribution >= 0.6 is 0 Å². The number of benzene rings is 1. The second-order valence-electron chi connectivity index (χ2n) is 6.80. The van der Waals surface area contributed by atoms with Crippen LogP contribution in [0.3, 0.4) is 0 Å². The molecule has 0 saturated heterocycles. The molecule has 0 fully saturated rings. The van der Waals surface area contributed by atoms with Crippen LogP contribution in [-0.2, 0) is 28.7 Å². The Morgan fingerprint density at radius 1 is 0.931 bits per heavy atom. The van der Waals surface area contributed by atoms with Gasteiger partial charge >= 0.3 is 0 Å². The smallest absolute Gasteiger partial charge is 0.290 e. The monoisotopic (exact) mass is 413 g/mol. The third kappa shape index (κ3) is 4.27. The van der Waals surface area contributed by atoms with E-state index < -0.39 is 15.7 Å². The van der Waals surface area contributed by atoms with Crippen molar-refractivity contribution in [3.05, 3.63) is 83.9 Å². The quantitative estimate of drug-likeness (QED) is 0.454. The Hall–Kier alpha value is -3.26. The van der Waals surface area contributed by atoms with E-state index in [1.165, 1.54) is 17.4 Å². The number of furan rings is 3. The summed E-state index contributed by atoms with van der Waals surface area (Å²) in [7, 11) is -3.39. The van der Waals surface area contributed by atoms with Gasteiger partial charge in [0, 0.05) is 17.2 Å². The molecule has 4 aromatic rings. The second-order valence-corrected chi connectivity index (χ2v) is 8.94. The average molecular weight is 413 g/mol. The number of fused-ring (bicyclic) bond motifs is 1. The van der Waals surface area contributed by atoms with Gasteiger partial charge in [-0.2, -0.15) is 0 Å². The zero-order valence-electron chi connectivity index (χ0n) is 15.7. The van der Waals surface area contributed by atoms with Gasteiger partial charge in [-0.15, -0.1) is 0 Å². The summed E-state index contributed by atoms with van der Waals surface area (Å²) in [6, 6.07) is 14.0. The maximum Gasteiger partial charge on any atom is 0.290 e. The van der Waals surface area contributed by atoms with Gasteiger partial charge in [-0.3, -0.25) is 4.79 Å². The van der Waals surface area contributed by atoms with Crippen LogP contribution in [0.25, 0.3) is 11.0 Å². The highest BCUT2D eigenvalue weighted by molar-refractivity contribution is 7.89. The summed E-state index contributed by atoms with van der Waals surface area (Å²) in [6.45, 7) is 0.365. The number of carbonyl (C=O) groups excluding carboxylic acids is 1. The molecular weight excluding hydrogens is 394 g/mol. The molecule has 0 aliphatic heterocycles. The molecule has 0 aliphatic rings. The minimum Gasteiger partial charge on any atom is -0.467 e. The van der Waals surface area contributed by atoms with Crippen molar-refractivity contribution < 1.29 is 26.5 Å². The molecule has 0 bridgehead atoms. The highest BCUT2D eigenvalue weighted by Gasteiger charge is 2.28. The van der Waals surface area contributed by atoms with Crippen LogP contribution in [0.15, 0.2) is 74.3 Å². The van der Waals surface area contributed by atoms with Crippen LogP contribution in [0.5, 0.6) is 0 Å². The Morgan fingerprint density at radius 3 is 2.10 bits per heavy atom. The zero-order chi connectivity index (χ0) is 20.4. The molecule has 0 atom stereocenters. The van der Waals surface area contributed by atoms with Gasteiger partial charge in [-0.1, -0.05) is 18.2 Å². The summed E-state index contributed by atoms with van der Waals surface area (Å²) in [5, 5.41) is 0.609. The number of amides is 1. The Balaban J connectivity index is 1.76. The van der Waals surface area contributed by atoms with E-state index in [0.29, 0.717) is 28.1 Å². The molecule has 0 spiro atoms. The van der Waals surface area contributed by atoms with E-state index in [1.54, 1.807) is 48.5 Å². The minimum atomic E-state index is -3.39. The van der Waals surface area contributed by atoms with Crippen molar-refractivity contribution in [1.29, 1.82) is 0 Å². The molecule has 0 saturated carbocycles. The van der Waals surface area contributed by atoms with Crippen molar-refractivity contribution >= 4 is 26.7 Å². The third-order valence-corrected chi connectivity index (χ3v) is 5.25. The molecule has 4 rings (SSSR count). The molecule has 1 amide bonds. The van der Waals surface area contributed by atoms with E-state index in [0.717, 1.165) is 6.26 Å². The lowest BCUT2D eigenvalue weighted by molar-refractivity contribution is 0.0673. The molecule has 7 nitrogen and oxygen atoms in total. The van der Waals surface area contributed by atoms with Crippen LogP contribution in [-0.4, -0.2) is 25.5 Å². The van der Waals surface area contributed by atoms with Gasteiger partial charge < -0.3 is 18.2 Å². The minimum absolute atomic E-state index is 0.00902. The molecule has 1 aromatic carbocycles. The van der Waals surface area contributed by atoms with Gasteiger partial charge in [0.05, 0.1) is 31.4 Å². The SMILES string of the molecule is CS(=O)(=O)Cc1c(C(=O)N(Cc2ccco2)Cc2ccco2)oc2ccccc12. The van der Waals surface area contributed by atoms with Crippen LogP contribution in [0.2, 0.25) is 0 Å². The largest absolute Gasteiger partial charge is 0.467 e.